The molecule has 0 radical (unpaired) electrons. The minimum Gasteiger partial charge on any atom is -0.444 e. The minimum atomic E-state index is -0.868. The molecule has 0 aromatic heterocycles. The molecule has 0 saturated heterocycles. The summed E-state index contributed by atoms with van der Waals surface area (Å²) in [6.45, 7) is 12.3. The third-order valence-corrected chi connectivity index (χ3v) is 3.98. The first-order valence-corrected chi connectivity index (χ1v) is 10.0. The molecule has 1 aromatic carbocycles. The number of carbonyl (C=O) groups excluding carboxylic acids is 3. The lowest BCUT2D eigenvalue weighted by atomic mass is 10.0. The summed E-state index contributed by atoms with van der Waals surface area (Å²) < 4.78 is 5.18. The van der Waals surface area contributed by atoms with E-state index in [1.165, 1.54) is 4.90 Å². The zero-order valence-electron chi connectivity index (χ0n) is 18.9. The molecule has 30 heavy (non-hydrogen) atoms. The van der Waals surface area contributed by atoms with Gasteiger partial charge in [-0.3, -0.25) is 9.59 Å². The summed E-state index contributed by atoms with van der Waals surface area (Å²) in [6, 6.07) is 5.67. The number of nitrogens with one attached hydrogen (secondary N) is 2. The Kier molecular flexibility index (Phi) is 8.91. The molecule has 7 heteroatoms. The van der Waals surface area contributed by atoms with Crippen LogP contribution in [0.5, 0.6) is 0 Å². The Bertz CT molecular complexity index is 786. The SMILES string of the molecule is C#Cc1ccc(C(C(=O)NC(C)C)N(C(=O)CNC(=O)OC(C)(C)C)C(C)C)cc1. The number of nitrogens with zero attached hydrogens (tertiary/aromatic N) is 1. The Morgan fingerprint density at radius 3 is 2.10 bits per heavy atom. The second kappa shape index (κ2) is 10.7. The third kappa shape index (κ3) is 7.78. The largest absolute Gasteiger partial charge is 0.444 e. The van der Waals surface area contributed by atoms with E-state index in [9.17, 15) is 14.4 Å². The monoisotopic (exact) mass is 415 g/mol. The van der Waals surface area contributed by atoms with Crippen molar-refractivity contribution < 1.29 is 19.1 Å². The van der Waals surface area contributed by atoms with Gasteiger partial charge in [0, 0.05) is 17.6 Å². The van der Waals surface area contributed by atoms with Gasteiger partial charge in [0.05, 0.1) is 0 Å². The van der Waals surface area contributed by atoms with Gasteiger partial charge in [0.1, 0.15) is 18.2 Å². The second-order valence-electron chi connectivity index (χ2n) is 8.58. The van der Waals surface area contributed by atoms with Crippen LogP contribution in [0.4, 0.5) is 4.79 Å². The van der Waals surface area contributed by atoms with E-state index in [1.54, 1.807) is 45.0 Å². The number of hydrogen-bond donors (Lipinski definition) is 2. The lowest BCUT2D eigenvalue weighted by Crippen LogP contribution is -2.51. The molecule has 1 rings (SSSR count). The summed E-state index contributed by atoms with van der Waals surface area (Å²) in [7, 11) is 0. The Hall–Kier alpha value is -3.01. The molecule has 1 unspecified atom stereocenters. The summed E-state index contributed by atoms with van der Waals surface area (Å²) in [5.74, 6) is 1.83. The number of benzene rings is 1. The van der Waals surface area contributed by atoms with E-state index in [2.05, 4.69) is 16.6 Å². The highest BCUT2D eigenvalue weighted by molar-refractivity contribution is 5.90. The number of terminal acetylenes is 1. The van der Waals surface area contributed by atoms with E-state index in [0.29, 0.717) is 11.1 Å². The highest BCUT2D eigenvalue weighted by atomic mass is 16.6. The molecule has 0 spiro atoms. The summed E-state index contributed by atoms with van der Waals surface area (Å²) in [4.78, 5) is 39.5. The predicted molar refractivity (Wildman–Crippen MR) is 117 cm³/mol. The van der Waals surface area contributed by atoms with Crippen LogP contribution in [0.1, 0.15) is 65.6 Å². The van der Waals surface area contributed by atoms with Crippen LogP contribution in [0.2, 0.25) is 0 Å². The average molecular weight is 416 g/mol. The molecule has 0 aliphatic rings. The van der Waals surface area contributed by atoms with E-state index in [0.717, 1.165) is 0 Å². The number of amides is 3. The first kappa shape index (κ1) is 25.0. The molecule has 0 fully saturated rings. The van der Waals surface area contributed by atoms with Crippen molar-refractivity contribution in [2.75, 3.05) is 6.54 Å². The van der Waals surface area contributed by atoms with E-state index >= 15 is 0 Å². The van der Waals surface area contributed by atoms with E-state index in [4.69, 9.17) is 11.2 Å². The van der Waals surface area contributed by atoms with Gasteiger partial charge >= 0.3 is 6.09 Å². The van der Waals surface area contributed by atoms with Crippen molar-refractivity contribution in [3.63, 3.8) is 0 Å². The fraction of sp³-hybridized carbons (Fsp3) is 0.522. The van der Waals surface area contributed by atoms with Gasteiger partial charge < -0.3 is 20.3 Å². The second-order valence-corrected chi connectivity index (χ2v) is 8.58. The van der Waals surface area contributed by atoms with Crippen LogP contribution in [-0.2, 0) is 14.3 Å². The van der Waals surface area contributed by atoms with Crippen LogP contribution < -0.4 is 10.6 Å². The first-order valence-electron chi connectivity index (χ1n) is 10.0. The lowest BCUT2D eigenvalue weighted by molar-refractivity contribution is -0.142. The molecule has 3 amide bonds. The third-order valence-electron chi connectivity index (χ3n) is 3.98. The van der Waals surface area contributed by atoms with Crippen molar-refractivity contribution in [2.45, 2.75) is 72.2 Å². The van der Waals surface area contributed by atoms with Gasteiger partial charge in [-0.25, -0.2) is 4.79 Å². The molecule has 0 aliphatic carbocycles. The number of carbonyl (C=O) groups is 3. The van der Waals surface area contributed by atoms with Crippen molar-refractivity contribution in [1.29, 1.82) is 0 Å². The van der Waals surface area contributed by atoms with Crippen molar-refractivity contribution in [3.8, 4) is 12.3 Å². The van der Waals surface area contributed by atoms with Crippen LogP contribution in [0.25, 0.3) is 0 Å². The first-order chi connectivity index (χ1) is 13.9. The summed E-state index contributed by atoms with van der Waals surface area (Å²) in [5, 5.41) is 5.34. The van der Waals surface area contributed by atoms with Crippen LogP contribution in [0, 0.1) is 12.3 Å². The van der Waals surface area contributed by atoms with E-state index in [-0.39, 0.29) is 24.5 Å². The fourth-order valence-electron chi connectivity index (χ4n) is 2.85. The van der Waals surface area contributed by atoms with Gasteiger partial charge in [-0.2, -0.15) is 0 Å². The molecule has 0 bridgehead atoms. The maximum Gasteiger partial charge on any atom is 0.408 e. The number of alkyl carbamates (subject to hydrolysis) is 1. The van der Waals surface area contributed by atoms with Crippen LogP contribution in [-0.4, -0.2) is 47.0 Å². The maximum absolute atomic E-state index is 13.0. The van der Waals surface area contributed by atoms with Crippen LogP contribution in [0.15, 0.2) is 24.3 Å². The van der Waals surface area contributed by atoms with E-state index < -0.39 is 23.6 Å². The Labute approximate surface area is 179 Å². The molecular formula is C23H33N3O4. The summed E-state index contributed by atoms with van der Waals surface area (Å²) >= 11 is 0. The molecular weight excluding hydrogens is 382 g/mol. The smallest absolute Gasteiger partial charge is 0.408 e. The number of rotatable bonds is 7. The minimum absolute atomic E-state index is 0.103. The molecule has 0 saturated carbocycles. The van der Waals surface area contributed by atoms with Gasteiger partial charge in [0.2, 0.25) is 11.8 Å². The molecule has 164 valence electrons. The van der Waals surface area contributed by atoms with Gasteiger partial charge in [0.15, 0.2) is 0 Å². The predicted octanol–water partition coefficient (Wildman–Crippen LogP) is 3.00. The molecule has 0 aliphatic heterocycles. The van der Waals surface area contributed by atoms with Gasteiger partial charge in [0.25, 0.3) is 0 Å². The van der Waals surface area contributed by atoms with E-state index in [1.807, 2.05) is 27.7 Å². The van der Waals surface area contributed by atoms with Gasteiger partial charge in [-0.05, 0) is 66.2 Å². The Morgan fingerprint density at radius 2 is 1.67 bits per heavy atom. The topological polar surface area (TPSA) is 87.7 Å². The molecule has 1 atom stereocenters. The standard InChI is InChI=1S/C23H33N3O4/c1-9-17-10-12-18(13-11-17)20(21(28)25-15(2)3)26(16(4)5)19(27)14-24-22(29)30-23(6,7)8/h1,10-13,15-16,20H,14H2,2-8H3,(H,24,29)(H,25,28). The normalized spacial score (nSPS) is 12.1. The van der Waals surface area contributed by atoms with Crippen LogP contribution >= 0.6 is 0 Å². The number of ether oxygens (including phenoxy) is 1. The van der Waals surface area contributed by atoms with Crippen molar-refractivity contribution in [3.05, 3.63) is 35.4 Å². The van der Waals surface area contributed by atoms with Crippen molar-refractivity contribution in [1.82, 2.24) is 15.5 Å². The fourth-order valence-corrected chi connectivity index (χ4v) is 2.85. The molecule has 1 aromatic rings. The van der Waals surface area contributed by atoms with Crippen molar-refractivity contribution in [2.24, 2.45) is 0 Å². The highest BCUT2D eigenvalue weighted by Crippen LogP contribution is 2.24. The zero-order valence-corrected chi connectivity index (χ0v) is 18.9. The highest BCUT2D eigenvalue weighted by Gasteiger charge is 2.33. The Balaban J connectivity index is 3.17. The summed E-state index contributed by atoms with van der Waals surface area (Å²) in [6.07, 6.45) is 4.73. The van der Waals surface area contributed by atoms with Gasteiger partial charge in [-0.1, -0.05) is 18.1 Å². The Morgan fingerprint density at radius 1 is 1.10 bits per heavy atom. The number of hydrogen-bond acceptors (Lipinski definition) is 4. The average Bonchev–Trinajstić information content (AvgIpc) is 2.61. The lowest BCUT2D eigenvalue weighted by Gasteiger charge is -2.35. The zero-order chi connectivity index (χ0) is 23.1. The van der Waals surface area contributed by atoms with Crippen molar-refractivity contribution >= 4 is 17.9 Å². The summed E-state index contributed by atoms with van der Waals surface area (Å²) in [5.41, 5.74) is 0.630. The molecule has 2 N–H and O–H groups in total. The molecule has 7 nitrogen and oxygen atoms in total. The van der Waals surface area contributed by atoms with Crippen LogP contribution in [0.3, 0.4) is 0 Å². The maximum atomic E-state index is 13.0. The molecule has 0 heterocycles. The van der Waals surface area contributed by atoms with Gasteiger partial charge in [-0.15, -0.1) is 6.42 Å². The quantitative estimate of drug-likeness (QED) is 0.670.